The lowest BCUT2D eigenvalue weighted by Crippen LogP contribution is -2.45. The Kier molecular flexibility index (Phi) is 6.04. The number of halogens is 3. The highest BCUT2D eigenvalue weighted by atomic mass is 32.2. The van der Waals surface area contributed by atoms with Crippen LogP contribution >= 0.6 is 11.8 Å². The van der Waals surface area contributed by atoms with Crippen LogP contribution in [-0.4, -0.2) is 48.3 Å². The minimum absolute atomic E-state index is 0.116. The summed E-state index contributed by atoms with van der Waals surface area (Å²) in [5, 5.41) is 2.90. The molecule has 1 aromatic carbocycles. The number of hydrogen-bond donors (Lipinski definition) is 1. The van der Waals surface area contributed by atoms with Crippen LogP contribution in [0.25, 0.3) is 0 Å². The molecule has 1 saturated heterocycles. The third-order valence-electron chi connectivity index (χ3n) is 3.42. The zero-order chi connectivity index (χ0) is 16.9. The van der Waals surface area contributed by atoms with E-state index in [0.717, 1.165) is 30.2 Å². The molecular weight excluding hydrogens is 329 g/mol. The Balaban J connectivity index is 1.86. The first kappa shape index (κ1) is 17.8. The van der Waals surface area contributed by atoms with Gasteiger partial charge in [-0.05, 0) is 24.6 Å². The highest BCUT2D eigenvalue weighted by molar-refractivity contribution is 7.99. The molecular formula is C15H19F3N2O2S. The van der Waals surface area contributed by atoms with E-state index in [4.69, 9.17) is 0 Å². The smallest absolute Gasteiger partial charge is 0.422 e. The van der Waals surface area contributed by atoms with Gasteiger partial charge in [-0.3, -0.25) is 0 Å². The number of carbonyl (C=O) groups is 1. The van der Waals surface area contributed by atoms with Crippen LogP contribution in [0.1, 0.15) is 18.5 Å². The number of amides is 2. The number of nitrogens with zero attached hydrogens (tertiary/aromatic N) is 1. The summed E-state index contributed by atoms with van der Waals surface area (Å²) >= 11 is 1.82. The number of thioether (sulfide) groups is 1. The SMILES string of the molecule is C[C@@H](NC(=O)N1CCSCC1)c1ccc(OCC(F)(F)F)cc1. The largest absolute Gasteiger partial charge is 0.484 e. The lowest BCUT2D eigenvalue weighted by Gasteiger charge is -2.28. The van der Waals surface area contributed by atoms with Crippen LogP contribution in [0.2, 0.25) is 0 Å². The van der Waals surface area contributed by atoms with Crippen molar-refractivity contribution in [3.63, 3.8) is 0 Å². The molecule has 1 N–H and O–H groups in total. The van der Waals surface area contributed by atoms with E-state index < -0.39 is 12.8 Å². The molecule has 0 saturated carbocycles. The van der Waals surface area contributed by atoms with Gasteiger partial charge in [0.25, 0.3) is 0 Å². The third kappa shape index (κ3) is 5.85. The number of rotatable bonds is 4. The second-order valence-corrected chi connectivity index (χ2v) is 6.47. The Morgan fingerprint density at radius 1 is 1.30 bits per heavy atom. The Labute approximate surface area is 137 Å². The van der Waals surface area contributed by atoms with E-state index in [-0.39, 0.29) is 17.8 Å². The maximum Gasteiger partial charge on any atom is 0.422 e. The van der Waals surface area contributed by atoms with Crippen LogP contribution in [0.4, 0.5) is 18.0 Å². The van der Waals surface area contributed by atoms with Gasteiger partial charge < -0.3 is 15.0 Å². The number of urea groups is 1. The molecule has 128 valence electrons. The van der Waals surface area contributed by atoms with Crippen LogP contribution in [0.5, 0.6) is 5.75 Å². The summed E-state index contributed by atoms with van der Waals surface area (Å²) in [6.45, 7) is 1.98. The highest BCUT2D eigenvalue weighted by Crippen LogP contribution is 2.21. The number of nitrogens with one attached hydrogen (secondary N) is 1. The van der Waals surface area contributed by atoms with Gasteiger partial charge in [0.05, 0.1) is 6.04 Å². The molecule has 0 spiro atoms. The van der Waals surface area contributed by atoms with E-state index in [1.54, 1.807) is 17.0 Å². The van der Waals surface area contributed by atoms with Gasteiger partial charge in [-0.1, -0.05) is 12.1 Å². The van der Waals surface area contributed by atoms with E-state index >= 15 is 0 Å². The summed E-state index contributed by atoms with van der Waals surface area (Å²) in [5.74, 6) is 2.03. The maximum absolute atomic E-state index is 12.1. The Hall–Kier alpha value is -1.57. The fraction of sp³-hybridized carbons (Fsp3) is 0.533. The monoisotopic (exact) mass is 348 g/mol. The van der Waals surface area contributed by atoms with Gasteiger partial charge in [0, 0.05) is 24.6 Å². The topological polar surface area (TPSA) is 41.6 Å². The van der Waals surface area contributed by atoms with Crippen molar-refractivity contribution in [1.29, 1.82) is 0 Å². The van der Waals surface area contributed by atoms with Crippen LogP contribution in [-0.2, 0) is 0 Å². The lowest BCUT2D eigenvalue weighted by molar-refractivity contribution is -0.153. The molecule has 0 radical (unpaired) electrons. The molecule has 4 nitrogen and oxygen atoms in total. The summed E-state index contributed by atoms with van der Waals surface area (Å²) in [6, 6.07) is 5.91. The third-order valence-corrected chi connectivity index (χ3v) is 4.36. The second-order valence-electron chi connectivity index (χ2n) is 5.24. The van der Waals surface area contributed by atoms with Gasteiger partial charge in [-0.25, -0.2) is 4.79 Å². The van der Waals surface area contributed by atoms with Crippen molar-refractivity contribution in [2.75, 3.05) is 31.2 Å². The fourth-order valence-electron chi connectivity index (χ4n) is 2.14. The number of alkyl halides is 3. The average molecular weight is 348 g/mol. The normalized spacial score (nSPS) is 16.8. The summed E-state index contributed by atoms with van der Waals surface area (Å²) in [6.07, 6.45) is -4.35. The maximum atomic E-state index is 12.1. The van der Waals surface area contributed by atoms with E-state index in [2.05, 4.69) is 10.1 Å². The van der Waals surface area contributed by atoms with Crippen LogP contribution in [0.15, 0.2) is 24.3 Å². The molecule has 1 aliphatic heterocycles. The molecule has 2 amide bonds. The molecule has 0 bridgehead atoms. The van der Waals surface area contributed by atoms with Gasteiger partial charge in [-0.2, -0.15) is 24.9 Å². The first-order valence-corrected chi connectivity index (χ1v) is 8.43. The number of ether oxygens (including phenoxy) is 1. The number of hydrogen-bond acceptors (Lipinski definition) is 3. The number of carbonyl (C=O) groups excluding carboxylic acids is 1. The van der Waals surface area contributed by atoms with Crippen molar-refractivity contribution in [3.05, 3.63) is 29.8 Å². The molecule has 1 fully saturated rings. The predicted molar refractivity (Wildman–Crippen MR) is 83.8 cm³/mol. The van der Waals surface area contributed by atoms with Crippen molar-refractivity contribution in [2.24, 2.45) is 0 Å². The summed E-state index contributed by atoms with van der Waals surface area (Å²) in [5.41, 5.74) is 0.809. The number of benzene rings is 1. The van der Waals surface area contributed by atoms with Crippen LogP contribution < -0.4 is 10.1 Å². The zero-order valence-electron chi connectivity index (χ0n) is 12.7. The lowest BCUT2D eigenvalue weighted by atomic mass is 10.1. The van der Waals surface area contributed by atoms with Crippen molar-refractivity contribution >= 4 is 17.8 Å². The van der Waals surface area contributed by atoms with E-state index in [9.17, 15) is 18.0 Å². The van der Waals surface area contributed by atoms with Crippen molar-refractivity contribution < 1.29 is 22.7 Å². The summed E-state index contributed by atoms with van der Waals surface area (Å²) in [4.78, 5) is 13.9. The summed E-state index contributed by atoms with van der Waals surface area (Å²) in [7, 11) is 0. The van der Waals surface area contributed by atoms with Gasteiger partial charge in [0.15, 0.2) is 6.61 Å². The van der Waals surface area contributed by atoms with Crippen LogP contribution in [0, 0.1) is 0 Å². The molecule has 2 rings (SSSR count). The Bertz CT molecular complexity index is 516. The van der Waals surface area contributed by atoms with Crippen molar-refractivity contribution in [1.82, 2.24) is 10.2 Å². The fourth-order valence-corrected chi connectivity index (χ4v) is 3.05. The first-order chi connectivity index (χ1) is 10.8. The molecule has 0 aromatic heterocycles. The van der Waals surface area contributed by atoms with Crippen molar-refractivity contribution in [2.45, 2.75) is 19.1 Å². The first-order valence-electron chi connectivity index (χ1n) is 7.28. The average Bonchev–Trinajstić information content (AvgIpc) is 2.53. The van der Waals surface area contributed by atoms with E-state index in [0.29, 0.717) is 0 Å². The standard InChI is InChI=1S/C15H19F3N2O2S/c1-11(19-14(21)20-6-8-23-9-7-20)12-2-4-13(5-3-12)22-10-15(16,17)18/h2-5,11H,6-10H2,1H3,(H,19,21)/t11-/m1/s1. The van der Waals surface area contributed by atoms with Gasteiger partial charge >= 0.3 is 12.2 Å². The Morgan fingerprint density at radius 2 is 1.91 bits per heavy atom. The molecule has 1 aromatic rings. The van der Waals surface area contributed by atoms with E-state index in [1.165, 1.54) is 12.1 Å². The van der Waals surface area contributed by atoms with Gasteiger partial charge in [0.1, 0.15) is 5.75 Å². The molecule has 0 unspecified atom stereocenters. The highest BCUT2D eigenvalue weighted by Gasteiger charge is 2.28. The molecule has 1 aliphatic rings. The van der Waals surface area contributed by atoms with Crippen molar-refractivity contribution in [3.8, 4) is 5.75 Å². The molecule has 1 heterocycles. The molecule has 8 heteroatoms. The molecule has 23 heavy (non-hydrogen) atoms. The second kappa shape index (κ2) is 7.81. The molecule has 1 atom stereocenters. The quantitative estimate of drug-likeness (QED) is 0.906. The van der Waals surface area contributed by atoms with Gasteiger partial charge in [0.2, 0.25) is 0 Å². The summed E-state index contributed by atoms with van der Waals surface area (Å²) < 4.78 is 40.9. The Morgan fingerprint density at radius 3 is 2.48 bits per heavy atom. The zero-order valence-corrected chi connectivity index (χ0v) is 13.5. The van der Waals surface area contributed by atoms with E-state index in [1.807, 2.05) is 18.7 Å². The van der Waals surface area contributed by atoms with Crippen LogP contribution in [0.3, 0.4) is 0 Å². The predicted octanol–water partition coefficient (Wildman–Crippen LogP) is 3.45. The van der Waals surface area contributed by atoms with Gasteiger partial charge in [-0.15, -0.1) is 0 Å². The molecule has 0 aliphatic carbocycles. The minimum atomic E-state index is -4.35. The minimum Gasteiger partial charge on any atom is -0.484 e.